The van der Waals surface area contributed by atoms with Gasteiger partial charge in [0.1, 0.15) is 6.29 Å². The largest absolute Gasteiger partial charge is 0.303 e. The number of aldehydes is 1. The predicted molar refractivity (Wildman–Crippen MR) is 78.3 cm³/mol. The van der Waals surface area contributed by atoms with Crippen LogP contribution in [0.25, 0.3) is 6.08 Å². The van der Waals surface area contributed by atoms with Gasteiger partial charge in [0.05, 0.1) is 0 Å². The first-order chi connectivity index (χ1) is 8.63. The van der Waals surface area contributed by atoms with E-state index in [-0.39, 0.29) is 5.92 Å². The molecule has 0 saturated heterocycles. The summed E-state index contributed by atoms with van der Waals surface area (Å²) < 4.78 is 0. The third-order valence-corrected chi connectivity index (χ3v) is 3.27. The van der Waals surface area contributed by atoms with Crippen LogP contribution in [-0.4, -0.2) is 6.29 Å². The van der Waals surface area contributed by atoms with E-state index in [0.717, 1.165) is 19.1 Å². The Bertz CT molecular complexity index is 364. The molecular formula is C17H24O. The van der Waals surface area contributed by atoms with Crippen molar-refractivity contribution in [2.24, 2.45) is 17.8 Å². The summed E-state index contributed by atoms with van der Waals surface area (Å²) in [5, 5.41) is 0. The number of allylic oxidation sites excluding steroid dienone is 1. The molecule has 98 valence electrons. The standard InChI is InChI=1S/C17H24O/c1-14(2)12-15(3)17(13-18)11-7-10-16-8-5-4-6-9-16/h4-10,13-15,17H,11-12H2,1-3H3/b10-7+/t15-,17-/m1/s1. The zero-order valence-corrected chi connectivity index (χ0v) is 11.7. The fraction of sp³-hybridized carbons (Fsp3) is 0.471. The second-order valence-electron chi connectivity index (χ2n) is 5.46. The summed E-state index contributed by atoms with van der Waals surface area (Å²) in [6, 6.07) is 10.2. The minimum Gasteiger partial charge on any atom is -0.303 e. The Hall–Kier alpha value is -1.37. The van der Waals surface area contributed by atoms with Crippen molar-refractivity contribution in [3.8, 4) is 0 Å². The molecule has 1 aromatic carbocycles. The average molecular weight is 244 g/mol. The predicted octanol–water partition coefficient (Wildman–Crippen LogP) is 4.59. The van der Waals surface area contributed by atoms with Crippen LogP contribution < -0.4 is 0 Å². The van der Waals surface area contributed by atoms with Gasteiger partial charge in [-0.05, 0) is 30.2 Å². The summed E-state index contributed by atoms with van der Waals surface area (Å²) in [6.45, 7) is 6.59. The lowest BCUT2D eigenvalue weighted by Crippen LogP contribution is -2.14. The van der Waals surface area contributed by atoms with Gasteiger partial charge in [0.25, 0.3) is 0 Å². The first kappa shape index (κ1) is 14.7. The molecule has 0 aromatic heterocycles. The molecule has 1 aromatic rings. The summed E-state index contributed by atoms with van der Waals surface area (Å²) in [6.07, 6.45) is 7.28. The molecule has 0 saturated carbocycles. The van der Waals surface area contributed by atoms with E-state index < -0.39 is 0 Å². The second-order valence-corrected chi connectivity index (χ2v) is 5.46. The van der Waals surface area contributed by atoms with Crippen LogP contribution in [0.3, 0.4) is 0 Å². The van der Waals surface area contributed by atoms with Crippen molar-refractivity contribution in [3.05, 3.63) is 42.0 Å². The molecule has 0 heterocycles. The summed E-state index contributed by atoms with van der Waals surface area (Å²) in [7, 11) is 0. The van der Waals surface area contributed by atoms with E-state index in [1.54, 1.807) is 0 Å². The van der Waals surface area contributed by atoms with Crippen molar-refractivity contribution in [1.29, 1.82) is 0 Å². The van der Waals surface area contributed by atoms with Gasteiger partial charge in [-0.2, -0.15) is 0 Å². The molecule has 0 fully saturated rings. The monoisotopic (exact) mass is 244 g/mol. The molecule has 0 N–H and O–H groups in total. The highest BCUT2D eigenvalue weighted by molar-refractivity contribution is 5.56. The second kappa shape index (κ2) is 7.86. The molecule has 0 bridgehead atoms. The third-order valence-electron chi connectivity index (χ3n) is 3.27. The Balaban J connectivity index is 2.49. The van der Waals surface area contributed by atoms with Crippen LogP contribution in [0.4, 0.5) is 0 Å². The average Bonchev–Trinajstić information content (AvgIpc) is 2.35. The van der Waals surface area contributed by atoms with Gasteiger partial charge in [0, 0.05) is 5.92 Å². The Morgan fingerprint density at radius 3 is 2.33 bits per heavy atom. The molecule has 0 aliphatic carbocycles. The minimum absolute atomic E-state index is 0.146. The van der Waals surface area contributed by atoms with E-state index in [1.165, 1.54) is 5.56 Å². The van der Waals surface area contributed by atoms with Gasteiger partial charge >= 0.3 is 0 Å². The van der Waals surface area contributed by atoms with Gasteiger partial charge in [-0.3, -0.25) is 0 Å². The van der Waals surface area contributed by atoms with Gasteiger partial charge in [0.15, 0.2) is 0 Å². The number of carbonyl (C=O) groups excluding carboxylic acids is 1. The van der Waals surface area contributed by atoms with Gasteiger partial charge in [-0.25, -0.2) is 0 Å². The van der Waals surface area contributed by atoms with E-state index >= 15 is 0 Å². The minimum atomic E-state index is 0.146. The number of benzene rings is 1. The van der Waals surface area contributed by atoms with E-state index in [4.69, 9.17) is 0 Å². The summed E-state index contributed by atoms with van der Waals surface area (Å²) in [4.78, 5) is 11.1. The van der Waals surface area contributed by atoms with Crippen molar-refractivity contribution >= 4 is 12.4 Å². The Morgan fingerprint density at radius 1 is 1.11 bits per heavy atom. The normalized spacial score (nSPS) is 14.9. The van der Waals surface area contributed by atoms with Crippen LogP contribution in [0.2, 0.25) is 0 Å². The van der Waals surface area contributed by atoms with Crippen molar-refractivity contribution in [1.82, 2.24) is 0 Å². The van der Waals surface area contributed by atoms with Crippen LogP contribution in [0.1, 0.15) is 39.2 Å². The van der Waals surface area contributed by atoms with Crippen LogP contribution >= 0.6 is 0 Å². The Labute approximate surface area is 111 Å². The smallest absolute Gasteiger partial charge is 0.123 e. The highest BCUT2D eigenvalue weighted by atomic mass is 16.1. The number of carbonyl (C=O) groups is 1. The topological polar surface area (TPSA) is 17.1 Å². The van der Waals surface area contributed by atoms with Gasteiger partial charge in [0.2, 0.25) is 0 Å². The molecule has 0 radical (unpaired) electrons. The molecule has 0 aliphatic heterocycles. The highest BCUT2D eigenvalue weighted by Gasteiger charge is 2.16. The molecule has 1 rings (SSSR count). The Morgan fingerprint density at radius 2 is 1.78 bits per heavy atom. The van der Waals surface area contributed by atoms with Crippen molar-refractivity contribution in [3.63, 3.8) is 0 Å². The SMILES string of the molecule is CC(C)C[C@@H](C)[C@@H](C=O)C/C=C/c1ccccc1. The lowest BCUT2D eigenvalue weighted by atomic mass is 9.85. The maximum absolute atomic E-state index is 11.1. The first-order valence-corrected chi connectivity index (χ1v) is 6.80. The summed E-state index contributed by atoms with van der Waals surface area (Å²) in [5.41, 5.74) is 1.19. The molecule has 1 nitrogen and oxygen atoms in total. The Kier molecular flexibility index (Phi) is 6.42. The number of rotatable bonds is 7. The fourth-order valence-electron chi connectivity index (χ4n) is 2.27. The summed E-state index contributed by atoms with van der Waals surface area (Å²) in [5.74, 6) is 1.26. The van der Waals surface area contributed by atoms with Crippen LogP contribution in [0.5, 0.6) is 0 Å². The summed E-state index contributed by atoms with van der Waals surface area (Å²) >= 11 is 0. The highest BCUT2D eigenvalue weighted by Crippen LogP contribution is 2.22. The maximum Gasteiger partial charge on any atom is 0.123 e. The number of hydrogen-bond acceptors (Lipinski definition) is 1. The molecular weight excluding hydrogens is 220 g/mol. The van der Waals surface area contributed by atoms with Gasteiger partial charge < -0.3 is 4.79 Å². The molecule has 0 unspecified atom stereocenters. The van der Waals surface area contributed by atoms with Gasteiger partial charge in [-0.15, -0.1) is 0 Å². The van der Waals surface area contributed by atoms with Crippen LogP contribution in [0.15, 0.2) is 36.4 Å². The molecule has 18 heavy (non-hydrogen) atoms. The quantitative estimate of drug-likeness (QED) is 0.641. The third kappa shape index (κ3) is 5.31. The van der Waals surface area contributed by atoms with E-state index in [9.17, 15) is 4.79 Å². The van der Waals surface area contributed by atoms with Crippen molar-refractivity contribution in [2.45, 2.75) is 33.6 Å². The zero-order chi connectivity index (χ0) is 13.4. The number of hydrogen-bond donors (Lipinski definition) is 0. The lowest BCUT2D eigenvalue weighted by Gasteiger charge is -2.19. The van der Waals surface area contributed by atoms with E-state index in [2.05, 4.69) is 45.1 Å². The lowest BCUT2D eigenvalue weighted by molar-refractivity contribution is -0.112. The van der Waals surface area contributed by atoms with Gasteiger partial charge in [-0.1, -0.05) is 63.3 Å². The molecule has 0 aliphatic rings. The van der Waals surface area contributed by atoms with Crippen LogP contribution in [-0.2, 0) is 4.79 Å². The van der Waals surface area contributed by atoms with Crippen molar-refractivity contribution < 1.29 is 4.79 Å². The molecule has 2 atom stereocenters. The molecule has 0 amide bonds. The van der Waals surface area contributed by atoms with E-state index in [1.807, 2.05) is 18.2 Å². The molecule has 1 heteroatoms. The van der Waals surface area contributed by atoms with Crippen LogP contribution in [0, 0.1) is 17.8 Å². The maximum atomic E-state index is 11.1. The first-order valence-electron chi connectivity index (χ1n) is 6.80. The van der Waals surface area contributed by atoms with Crippen molar-refractivity contribution in [2.75, 3.05) is 0 Å². The van der Waals surface area contributed by atoms with E-state index in [0.29, 0.717) is 11.8 Å². The molecule has 0 spiro atoms. The zero-order valence-electron chi connectivity index (χ0n) is 11.7. The fourth-order valence-corrected chi connectivity index (χ4v) is 2.27.